The van der Waals surface area contributed by atoms with E-state index in [4.69, 9.17) is 0 Å². The van der Waals surface area contributed by atoms with Crippen molar-refractivity contribution in [3.8, 4) is 0 Å². The summed E-state index contributed by atoms with van der Waals surface area (Å²) in [6, 6.07) is 1.42. The summed E-state index contributed by atoms with van der Waals surface area (Å²) in [7, 11) is 0. The molecule has 110 valence electrons. The van der Waals surface area contributed by atoms with E-state index in [2.05, 4.69) is 11.8 Å². The van der Waals surface area contributed by atoms with Gasteiger partial charge in [-0.05, 0) is 25.7 Å². The number of nitro groups is 1. The van der Waals surface area contributed by atoms with E-state index in [1.54, 1.807) is 0 Å². The molecule has 0 aliphatic carbocycles. The first-order valence-electron chi connectivity index (χ1n) is 7.07. The minimum atomic E-state index is -0.379. The molecule has 1 aromatic rings. The molecule has 2 heterocycles. The molecule has 0 amide bonds. The van der Waals surface area contributed by atoms with E-state index in [1.807, 2.05) is 0 Å². The van der Waals surface area contributed by atoms with Crippen molar-refractivity contribution in [2.45, 2.75) is 39.5 Å². The maximum Gasteiger partial charge on any atom is 0.304 e. The fourth-order valence-corrected chi connectivity index (χ4v) is 3.81. The lowest BCUT2D eigenvalue weighted by atomic mass is 9.93. The highest BCUT2D eigenvalue weighted by molar-refractivity contribution is 7.18. The lowest BCUT2D eigenvalue weighted by Gasteiger charge is -2.32. The average Bonchev–Trinajstić information content (AvgIpc) is 2.85. The standard InChI is InChI=1S/C14H20N2O3S/c1-3-4-11-5-7-15(8-6-11)14-12(16(18)19)9-13(20-14)10(2)17/h9,11H,3-8H2,1-2H3. The Bertz CT molecular complexity index is 505. The zero-order valence-electron chi connectivity index (χ0n) is 11.9. The minimum absolute atomic E-state index is 0.0779. The number of thiophene rings is 1. The van der Waals surface area contributed by atoms with E-state index >= 15 is 0 Å². The third kappa shape index (κ3) is 3.17. The summed E-state index contributed by atoms with van der Waals surface area (Å²) >= 11 is 1.25. The van der Waals surface area contributed by atoms with Gasteiger partial charge >= 0.3 is 5.69 Å². The Kier molecular flexibility index (Phi) is 4.75. The third-order valence-corrected chi connectivity index (χ3v) is 5.12. The SMILES string of the molecule is CCCC1CCN(c2sc(C(C)=O)cc2[N+](=O)[O-])CC1. The number of anilines is 1. The molecular formula is C14H20N2O3S. The van der Waals surface area contributed by atoms with Crippen LogP contribution in [0.25, 0.3) is 0 Å². The van der Waals surface area contributed by atoms with Gasteiger partial charge in [-0.2, -0.15) is 0 Å². The normalized spacial score (nSPS) is 16.4. The van der Waals surface area contributed by atoms with Crippen LogP contribution in [0.1, 0.15) is 49.2 Å². The Balaban J connectivity index is 2.16. The van der Waals surface area contributed by atoms with E-state index in [0.29, 0.717) is 9.88 Å². The van der Waals surface area contributed by atoms with Crippen molar-refractivity contribution >= 4 is 27.8 Å². The Morgan fingerprint density at radius 3 is 2.65 bits per heavy atom. The van der Waals surface area contributed by atoms with Crippen molar-refractivity contribution < 1.29 is 9.72 Å². The monoisotopic (exact) mass is 296 g/mol. The lowest BCUT2D eigenvalue weighted by molar-refractivity contribution is -0.383. The molecule has 1 aliphatic heterocycles. The van der Waals surface area contributed by atoms with Crippen LogP contribution >= 0.6 is 11.3 Å². The second-order valence-corrected chi connectivity index (χ2v) is 6.36. The Labute approximate surface area is 122 Å². The second-order valence-electron chi connectivity index (χ2n) is 5.33. The predicted octanol–water partition coefficient (Wildman–Crippen LogP) is 3.88. The van der Waals surface area contributed by atoms with Crippen LogP contribution in [-0.2, 0) is 0 Å². The molecule has 1 fully saturated rings. The molecule has 1 saturated heterocycles. The molecule has 0 aromatic carbocycles. The zero-order valence-corrected chi connectivity index (χ0v) is 12.7. The molecule has 0 radical (unpaired) electrons. The quantitative estimate of drug-likeness (QED) is 0.470. The van der Waals surface area contributed by atoms with Gasteiger partial charge in [-0.25, -0.2) is 0 Å². The fraction of sp³-hybridized carbons (Fsp3) is 0.643. The average molecular weight is 296 g/mol. The highest BCUT2D eigenvalue weighted by Crippen LogP contribution is 2.39. The van der Waals surface area contributed by atoms with Crippen LogP contribution in [0.5, 0.6) is 0 Å². The molecule has 0 bridgehead atoms. The molecule has 0 unspecified atom stereocenters. The summed E-state index contributed by atoms with van der Waals surface area (Å²) in [6.45, 7) is 5.34. The molecule has 6 heteroatoms. The highest BCUT2D eigenvalue weighted by Gasteiger charge is 2.28. The molecular weight excluding hydrogens is 276 g/mol. The summed E-state index contributed by atoms with van der Waals surface area (Å²) in [5, 5.41) is 11.8. The van der Waals surface area contributed by atoms with E-state index < -0.39 is 0 Å². The Hall–Kier alpha value is -1.43. The predicted molar refractivity (Wildman–Crippen MR) is 80.8 cm³/mol. The first-order chi connectivity index (χ1) is 9.52. The van der Waals surface area contributed by atoms with Crippen molar-refractivity contribution in [1.82, 2.24) is 0 Å². The van der Waals surface area contributed by atoms with Gasteiger partial charge in [-0.15, -0.1) is 11.3 Å². The van der Waals surface area contributed by atoms with E-state index in [-0.39, 0.29) is 16.4 Å². The third-order valence-electron chi connectivity index (χ3n) is 3.84. The van der Waals surface area contributed by atoms with Crippen LogP contribution in [0.3, 0.4) is 0 Å². The number of carbonyl (C=O) groups excluding carboxylic acids is 1. The van der Waals surface area contributed by atoms with Crippen molar-refractivity contribution in [2.24, 2.45) is 5.92 Å². The van der Waals surface area contributed by atoms with Gasteiger partial charge in [-0.3, -0.25) is 14.9 Å². The van der Waals surface area contributed by atoms with Gasteiger partial charge in [0.25, 0.3) is 0 Å². The van der Waals surface area contributed by atoms with Gasteiger partial charge in [0.2, 0.25) is 0 Å². The molecule has 5 nitrogen and oxygen atoms in total. The Morgan fingerprint density at radius 2 is 2.15 bits per heavy atom. The number of piperidine rings is 1. The Morgan fingerprint density at radius 1 is 1.50 bits per heavy atom. The minimum Gasteiger partial charge on any atom is -0.358 e. The van der Waals surface area contributed by atoms with E-state index in [1.165, 1.54) is 37.2 Å². The summed E-state index contributed by atoms with van der Waals surface area (Å²) in [5.74, 6) is 0.632. The topological polar surface area (TPSA) is 63.5 Å². The number of ketones is 1. The van der Waals surface area contributed by atoms with Gasteiger partial charge in [0.05, 0.1) is 9.80 Å². The number of carbonyl (C=O) groups is 1. The molecule has 0 atom stereocenters. The fourth-order valence-electron chi connectivity index (χ4n) is 2.74. The van der Waals surface area contributed by atoms with Crippen LogP contribution in [0, 0.1) is 16.0 Å². The van der Waals surface area contributed by atoms with E-state index in [0.717, 1.165) is 31.8 Å². The molecule has 0 spiro atoms. The largest absolute Gasteiger partial charge is 0.358 e. The van der Waals surface area contributed by atoms with Crippen LogP contribution in [0.15, 0.2) is 6.07 Å². The molecule has 0 saturated carbocycles. The maximum absolute atomic E-state index is 11.4. The first-order valence-corrected chi connectivity index (χ1v) is 7.88. The number of hydrogen-bond donors (Lipinski definition) is 0. The summed E-state index contributed by atoms with van der Waals surface area (Å²) in [5.41, 5.74) is 0.0779. The number of rotatable bonds is 5. The van der Waals surface area contributed by atoms with Gasteiger partial charge in [0.15, 0.2) is 10.8 Å². The second kappa shape index (κ2) is 6.35. The molecule has 1 aliphatic rings. The first kappa shape index (κ1) is 15.0. The van der Waals surface area contributed by atoms with Crippen LogP contribution < -0.4 is 4.90 Å². The van der Waals surface area contributed by atoms with Gasteiger partial charge < -0.3 is 4.90 Å². The summed E-state index contributed by atoms with van der Waals surface area (Å²) in [4.78, 5) is 24.7. The summed E-state index contributed by atoms with van der Waals surface area (Å²) < 4.78 is 0. The summed E-state index contributed by atoms with van der Waals surface area (Å²) in [6.07, 6.45) is 4.59. The van der Waals surface area contributed by atoms with Crippen molar-refractivity contribution in [3.63, 3.8) is 0 Å². The van der Waals surface area contributed by atoms with Crippen molar-refractivity contribution in [1.29, 1.82) is 0 Å². The van der Waals surface area contributed by atoms with Crippen LogP contribution in [-0.4, -0.2) is 23.8 Å². The van der Waals surface area contributed by atoms with Gasteiger partial charge in [-0.1, -0.05) is 19.8 Å². The molecule has 20 heavy (non-hydrogen) atoms. The zero-order chi connectivity index (χ0) is 14.7. The number of hydrogen-bond acceptors (Lipinski definition) is 5. The molecule has 1 aromatic heterocycles. The number of Topliss-reactive ketones (excluding diaryl/α,β-unsaturated/α-hetero) is 1. The molecule has 2 rings (SSSR count). The van der Waals surface area contributed by atoms with E-state index in [9.17, 15) is 14.9 Å². The molecule has 0 N–H and O–H groups in total. The highest BCUT2D eigenvalue weighted by atomic mass is 32.1. The van der Waals surface area contributed by atoms with Gasteiger partial charge in [0, 0.05) is 19.2 Å². The van der Waals surface area contributed by atoms with Gasteiger partial charge in [0.1, 0.15) is 0 Å². The number of nitrogens with zero attached hydrogens (tertiary/aromatic N) is 2. The smallest absolute Gasteiger partial charge is 0.304 e. The van der Waals surface area contributed by atoms with Crippen molar-refractivity contribution in [3.05, 3.63) is 21.1 Å². The lowest BCUT2D eigenvalue weighted by Crippen LogP contribution is -2.33. The van der Waals surface area contributed by atoms with Crippen LogP contribution in [0.2, 0.25) is 0 Å². The maximum atomic E-state index is 11.4. The van der Waals surface area contributed by atoms with Crippen molar-refractivity contribution in [2.75, 3.05) is 18.0 Å². The van der Waals surface area contributed by atoms with Crippen LogP contribution in [0.4, 0.5) is 10.7 Å².